The topological polar surface area (TPSA) is 56.0 Å². The normalized spacial score (nSPS) is 11.0. The Balaban J connectivity index is 1.99. The van der Waals surface area contributed by atoms with Crippen LogP contribution in [0, 0.1) is 10.1 Å². The fourth-order valence-electron chi connectivity index (χ4n) is 2.01. The molecule has 0 N–H and O–H groups in total. The maximum absolute atomic E-state index is 10.8. The number of rotatable bonds is 3. The van der Waals surface area contributed by atoms with E-state index in [-0.39, 0.29) is 15.7 Å². The molecule has 21 heavy (non-hydrogen) atoms. The minimum Gasteiger partial charge on any atom is -0.258 e. The Morgan fingerprint density at radius 1 is 1.19 bits per heavy atom. The monoisotopic (exact) mass is 338 g/mol. The van der Waals surface area contributed by atoms with Crippen LogP contribution in [0.5, 0.6) is 0 Å². The van der Waals surface area contributed by atoms with Crippen molar-refractivity contribution in [1.82, 2.24) is 4.98 Å². The standard InChI is InChI=1S/C14H8Cl2N2O2S/c15-10-5-8(18(19)20)6-11(16)9(10)7-14-17-12-3-1-2-4-13(12)21-14/h1-6H,7H2. The second-order valence-corrected chi connectivity index (χ2v) is 6.33. The summed E-state index contributed by atoms with van der Waals surface area (Å²) in [5, 5.41) is 12.2. The van der Waals surface area contributed by atoms with Crippen LogP contribution in [0.4, 0.5) is 5.69 Å². The van der Waals surface area contributed by atoms with E-state index < -0.39 is 4.92 Å². The van der Waals surface area contributed by atoms with Gasteiger partial charge in [-0.25, -0.2) is 4.98 Å². The number of hydrogen-bond acceptors (Lipinski definition) is 4. The van der Waals surface area contributed by atoms with Gasteiger partial charge in [0.15, 0.2) is 0 Å². The number of nitrogens with zero attached hydrogens (tertiary/aromatic N) is 2. The van der Waals surface area contributed by atoms with E-state index in [0.717, 1.165) is 15.2 Å². The lowest BCUT2D eigenvalue weighted by atomic mass is 10.1. The molecule has 3 rings (SSSR count). The summed E-state index contributed by atoms with van der Waals surface area (Å²) < 4.78 is 1.08. The van der Waals surface area contributed by atoms with Crippen molar-refractivity contribution < 1.29 is 4.92 Å². The Kier molecular flexibility index (Phi) is 3.80. The maximum atomic E-state index is 10.8. The third-order valence-electron chi connectivity index (χ3n) is 3.00. The second-order valence-electron chi connectivity index (χ2n) is 4.40. The highest BCUT2D eigenvalue weighted by Gasteiger charge is 2.16. The summed E-state index contributed by atoms with van der Waals surface area (Å²) in [5.74, 6) is 0. The van der Waals surface area contributed by atoms with Crippen LogP contribution in [0.25, 0.3) is 10.2 Å². The van der Waals surface area contributed by atoms with Gasteiger partial charge in [0.25, 0.3) is 5.69 Å². The molecule has 3 aromatic rings. The molecule has 7 heteroatoms. The molecule has 1 heterocycles. The number of non-ortho nitro benzene ring substituents is 1. The van der Waals surface area contributed by atoms with Crippen LogP contribution in [0.3, 0.4) is 0 Å². The predicted octanol–water partition coefficient (Wildman–Crippen LogP) is 5.10. The summed E-state index contributed by atoms with van der Waals surface area (Å²) in [5.41, 5.74) is 1.47. The van der Waals surface area contributed by atoms with Gasteiger partial charge in [0.05, 0.1) is 30.2 Å². The molecule has 0 fully saturated rings. The summed E-state index contributed by atoms with van der Waals surface area (Å²) >= 11 is 13.8. The van der Waals surface area contributed by atoms with Gasteiger partial charge in [0.2, 0.25) is 0 Å². The third kappa shape index (κ3) is 2.85. The van der Waals surface area contributed by atoms with E-state index in [1.807, 2.05) is 24.3 Å². The van der Waals surface area contributed by atoms with Crippen molar-refractivity contribution in [3.8, 4) is 0 Å². The van der Waals surface area contributed by atoms with Crippen molar-refractivity contribution in [2.24, 2.45) is 0 Å². The summed E-state index contributed by atoms with van der Waals surface area (Å²) in [6, 6.07) is 10.4. The molecule has 0 radical (unpaired) electrons. The molecule has 1 aromatic heterocycles. The minimum absolute atomic E-state index is 0.113. The van der Waals surface area contributed by atoms with Gasteiger partial charge >= 0.3 is 0 Å². The molecule has 0 unspecified atom stereocenters. The fraction of sp³-hybridized carbons (Fsp3) is 0.0714. The van der Waals surface area contributed by atoms with Gasteiger partial charge in [-0.1, -0.05) is 35.3 Å². The lowest BCUT2D eigenvalue weighted by molar-refractivity contribution is -0.384. The zero-order chi connectivity index (χ0) is 15.0. The van der Waals surface area contributed by atoms with Crippen LogP contribution >= 0.6 is 34.5 Å². The van der Waals surface area contributed by atoms with E-state index in [1.165, 1.54) is 12.1 Å². The van der Waals surface area contributed by atoms with Crippen LogP contribution in [0.2, 0.25) is 10.0 Å². The average molecular weight is 339 g/mol. The molecule has 2 aromatic carbocycles. The Bertz CT molecular complexity index is 792. The average Bonchev–Trinajstić information content (AvgIpc) is 2.85. The highest BCUT2D eigenvalue weighted by molar-refractivity contribution is 7.18. The Hall–Kier alpha value is -1.69. The fourth-order valence-corrected chi connectivity index (χ4v) is 3.60. The first kappa shape index (κ1) is 14.3. The quantitative estimate of drug-likeness (QED) is 0.493. The van der Waals surface area contributed by atoms with E-state index in [4.69, 9.17) is 23.2 Å². The van der Waals surface area contributed by atoms with Crippen molar-refractivity contribution in [3.63, 3.8) is 0 Å². The maximum Gasteiger partial charge on any atom is 0.272 e. The highest BCUT2D eigenvalue weighted by atomic mass is 35.5. The first-order chi connectivity index (χ1) is 10.0. The summed E-state index contributed by atoms with van der Waals surface area (Å²) in [4.78, 5) is 14.8. The van der Waals surface area contributed by atoms with Crippen LogP contribution in [0.1, 0.15) is 10.6 Å². The largest absolute Gasteiger partial charge is 0.272 e. The SMILES string of the molecule is O=[N+]([O-])c1cc(Cl)c(Cc2nc3ccccc3s2)c(Cl)c1. The minimum atomic E-state index is -0.515. The van der Waals surface area contributed by atoms with Gasteiger partial charge < -0.3 is 0 Å². The van der Waals surface area contributed by atoms with E-state index in [2.05, 4.69) is 4.98 Å². The zero-order valence-corrected chi connectivity index (χ0v) is 12.9. The second kappa shape index (κ2) is 5.60. The van der Waals surface area contributed by atoms with E-state index in [9.17, 15) is 10.1 Å². The molecular weight excluding hydrogens is 331 g/mol. The van der Waals surface area contributed by atoms with Crippen molar-refractivity contribution in [2.45, 2.75) is 6.42 Å². The van der Waals surface area contributed by atoms with E-state index >= 15 is 0 Å². The highest BCUT2D eigenvalue weighted by Crippen LogP contribution is 2.33. The Labute approximate surface area is 134 Å². The molecule has 0 aliphatic carbocycles. The molecule has 0 bridgehead atoms. The van der Waals surface area contributed by atoms with Gasteiger partial charge in [-0.05, 0) is 17.7 Å². The number of para-hydroxylation sites is 1. The molecule has 0 amide bonds. The van der Waals surface area contributed by atoms with Gasteiger partial charge in [0.1, 0.15) is 0 Å². The summed E-state index contributed by atoms with van der Waals surface area (Å²) in [6.07, 6.45) is 0.453. The molecule has 4 nitrogen and oxygen atoms in total. The van der Waals surface area contributed by atoms with E-state index in [0.29, 0.717) is 12.0 Å². The summed E-state index contributed by atoms with van der Waals surface area (Å²) in [7, 11) is 0. The molecular formula is C14H8Cl2N2O2S. The number of fused-ring (bicyclic) bond motifs is 1. The third-order valence-corrected chi connectivity index (χ3v) is 4.71. The number of hydrogen-bond donors (Lipinski definition) is 0. The molecule has 106 valence electrons. The van der Waals surface area contributed by atoms with Crippen LogP contribution < -0.4 is 0 Å². The number of halogens is 2. The number of benzene rings is 2. The number of thiazole rings is 1. The lowest BCUT2D eigenvalue weighted by Gasteiger charge is -2.05. The molecule has 0 aliphatic rings. The van der Waals surface area contributed by atoms with Crippen molar-refractivity contribution >= 4 is 50.4 Å². The van der Waals surface area contributed by atoms with Crippen molar-refractivity contribution in [1.29, 1.82) is 0 Å². The molecule has 0 aliphatic heterocycles. The summed E-state index contributed by atoms with van der Waals surface area (Å²) in [6.45, 7) is 0. The smallest absolute Gasteiger partial charge is 0.258 e. The number of nitro groups is 1. The molecule has 0 saturated heterocycles. The van der Waals surface area contributed by atoms with Crippen molar-refractivity contribution in [2.75, 3.05) is 0 Å². The Morgan fingerprint density at radius 3 is 2.48 bits per heavy atom. The zero-order valence-electron chi connectivity index (χ0n) is 10.5. The first-order valence-corrected chi connectivity index (χ1v) is 7.58. The van der Waals surface area contributed by atoms with Crippen LogP contribution in [0.15, 0.2) is 36.4 Å². The molecule has 0 atom stereocenters. The lowest BCUT2D eigenvalue weighted by Crippen LogP contribution is -1.94. The van der Waals surface area contributed by atoms with Gasteiger partial charge in [-0.15, -0.1) is 11.3 Å². The molecule has 0 saturated carbocycles. The van der Waals surface area contributed by atoms with Crippen LogP contribution in [-0.4, -0.2) is 9.91 Å². The predicted molar refractivity (Wildman–Crippen MR) is 85.5 cm³/mol. The number of nitro benzene ring substituents is 1. The van der Waals surface area contributed by atoms with E-state index in [1.54, 1.807) is 11.3 Å². The Morgan fingerprint density at radius 2 is 1.86 bits per heavy atom. The number of aromatic nitrogens is 1. The van der Waals surface area contributed by atoms with Crippen LogP contribution in [-0.2, 0) is 6.42 Å². The van der Waals surface area contributed by atoms with Gasteiger partial charge in [-0.3, -0.25) is 10.1 Å². The van der Waals surface area contributed by atoms with Gasteiger partial charge in [-0.2, -0.15) is 0 Å². The first-order valence-electron chi connectivity index (χ1n) is 6.01. The molecule has 0 spiro atoms. The van der Waals surface area contributed by atoms with Gasteiger partial charge in [0, 0.05) is 18.6 Å². The van der Waals surface area contributed by atoms with Crippen molar-refractivity contribution in [3.05, 3.63) is 67.1 Å².